The third-order valence-corrected chi connectivity index (χ3v) is 3.07. The average molecular weight is 309 g/mol. The Kier molecular flexibility index (Phi) is 7.18. The van der Waals surface area contributed by atoms with Crippen molar-refractivity contribution in [2.45, 2.75) is 46.6 Å². The van der Waals surface area contributed by atoms with Crippen LogP contribution in [0.5, 0.6) is 17.2 Å². The monoisotopic (exact) mass is 309 g/mol. The molecule has 0 unspecified atom stereocenters. The van der Waals surface area contributed by atoms with Crippen molar-refractivity contribution < 1.29 is 19.7 Å². The molecule has 22 heavy (non-hydrogen) atoms. The Morgan fingerprint density at radius 3 is 2.50 bits per heavy atom. The van der Waals surface area contributed by atoms with E-state index < -0.39 is 0 Å². The number of phenolic OH excluding ortho intramolecular Hbond substituents is 2. The molecule has 1 rings (SSSR count). The van der Waals surface area contributed by atoms with E-state index in [9.17, 15) is 15.0 Å². The van der Waals surface area contributed by atoms with Gasteiger partial charge in [-0.25, -0.2) is 0 Å². The van der Waals surface area contributed by atoms with Crippen molar-refractivity contribution in [3.63, 3.8) is 0 Å². The SMILES string of the molecule is CC(C)CC(=O)c1c(O)cc(O)cc1OCCCNC(C)C. The minimum atomic E-state index is -0.235. The first kappa shape index (κ1) is 18.3. The molecule has 0 aromatic heterocycles. The van der Waals surface area contributed by atoms with Crippen molar-refractivity contribution in [1.82, 2.24) is 5.32 Å². The lowest BCUT2D eigenvalue weighted by molar-refractivity contribution is 0.0961. The first-order valence-corrected chi connectivity index (χ1v) is 7.76. The van der Waals surface area contributed by atoms with Crippen molar-refractivity contribution in [3.05, 3.63) is 17.7 Å². The Hall–Kier alpha value is -1.75. The predicted octanol–water partition coefficient (Wildman–Crippen LogP) is 3.09. The first-order valence-electron chi connectivity index (χ1n) is 7.76. The Morgan fingerprint density at radius 2 is 1.91 bits per heavy atom. The summed E-state index contributed by atoms with van der Waals surface area (Å²) < 4.78 is 5.60. The third kappa shape index (κ3) is 5.93. The summed E-state index contributed by atoms with van der Waals surface area (Å²) in [5.41, 5.74) is 0.156. The fourth-order valence-electron chi connectivity index (χ4n) is 2.10. The molecule has 0 saturated heterocycles. The van der Waals surface area contributed by atoms with Gasteiger partial charge < -0.3 is 20.3 Å². The van der Waals surface area contributed by atoms with Crippen molar-refractivity contribution in [3.8, 4) is 17.2 Å². The molecule has 1 aromatic carbocycles. The summed E-state index contributed by atoms with van der Waals surface area (Å²) in [6.45, 7) is 9.22. The van der Waals surface area contributed by atoms with Crippen molar-refractivity contribution in [2.24, 2.45) is 5.92 Å². The van der Waals surface area contributed by atoms with Crippen molar-refractivity contribution >= 4 is 5.78 Å². The third-order valence-electron chi connectivity index (χ3n) is 3.07. The maximum Gasteiger partial charge on any atom is 0.170 e. The van der Waals surface area contributed by atoms with E-state index in [4.69, 9.17) is 4.74 Å². The lowest BCUT2D eigenvalue weighted by Gasteiger charge is -2.14. The molecule has 0 amide bonds. The summed E-state index contributed by atoms with van der Waals surface area (Å²) in [4.78, 5) is 12.3. The van der Waals surface area contributed by atoms with Crippen LogP contribution < -0.4 is 10.1 Å². The molecule has 0 bridgehead atoms. The summed E-state index contributed by atoms with van der Waals surface area (Å²) >= 11 is 0. The van der Waals surface area contributed by atoms with E-state index in [1.807, 2.05) is 13.8 Å². The number of hydrogen-bond donors (Lipinski definition) is 3. The molecule has 0 aliphatic heterocycles. The van der Waals surface area contributed by atoms with Gasteiger partial charge in [0.2, 0.25) is 0 Å². The number of rotatable bonds is 9. The van der Waals surface area contributed by atoms with Crippen LogP contribution in [0.3, 0.4) is 0 Å². The lowest BCUT2D eigenvalue weighted by atomic mass is 9.99. The van der Waals surface area contributed by atoms with Crippen LogP contribution in [0, 0.1) is 5.92 Å². The molecule has 1 aromatic rings. The molecule has 5 nitrogen and oxygen atoms in total. The van der Waals surface area contributed by atoms with Gasteiger partial charge in [-0.05, 0) is 18.9 Å². The standard InChI is InChI=1S/C17H27NO4/c1-11(2)8-14(20)17-15(21)9-13(19)10-16(17)22-7-5-6-18-12(3)4/h9-12,18-19,21H,5-8H2,1-4H3. The largest absolute Gasteiger partial charge is 0.508 e. The van der Waals surface area contributed by atoms with E-state index in [1.165, 1.54) is 12.1 Å². The van der Waals surface area contributed by atoms with Crippen molar-refractivity contribution in [1.29, 1.82) is 0 Å². The highest BCUT2D eigenvalue weighted by molar-refractivity contribution is 6.01. The summed E-state index contributed by atoms with van der Waals surface area (Å²) in [7, 11) is 0. The number of hydrogen-bond acceptors (Lipinski definition) is 5. The summed E-state index contributed by atoms with van der Waals surface area (Å²) in [6.07, 6.45) is 1.09. The molecule has 0 heterocycles. The highest BCUT2D eigenvalue weighted by Crippen LogP contribution is 2.34. The Bertz CT molecular complexity index is 498. The number of ketones is 1. The Balaban J connectivity index is 2.77. The van der Waals surface area contributed by atoms with E-state index in [2.05, 4.69) is 19.2 Å². The van der Waals surface area contributed by atoms with E-state index in [-0.39, 0.29) is 34.5 Å². The average Bonchev–Trinajstić information content (AvgIpc) is 2.35. The summed E-state index contributed by atoms with van der Waals surface area (Å²) in [5, 5.41) is 22.8. The number of phenols is 2. The molecule has 124 valence electrons. The fraction of sp³-hybridized carbons (Fsp3) is 0.588. The Morgan fingerprint density at radius 1 is 1.23 bits per heavy atom. The van der Waals surface area contributed by atoms with E-state index in [0.717, 1.165) is 13.0 Å². The van der Waals surface area contributed by atoms with Gasteiger partial charge in [0.1, 0.15) is 22.8 Å². The van der Waals surface area contributed by atoms with Gasteiger partial charge in [-0.15, -0.1) is 0 Å². The van der Waals surface area contributed by atoms with Crippen LogP contribution in [0.4, 0.5) is 0 Å². The maximum atomic E-state index is 12.3. The molecule has 0 aliphatic carbocycles. The molecule has 0 aliphatic rings. The van der Waals surface area contributed by atoms with E-state index >= 15 is 0 Å². The zero-order valence-electron chi connectivity index (χ0n) is 13.8. The fourth-order valence-corrected chi connectivity index (χ4v) is 2.10. The number of carbonyl (C=O) groups excluding carboxylic acids is 1. The Labute approximate surface area is 132 Å². The molecule has 0 saturated carbocycles. The minimum Gasteiger partial charge on any atom is -0.508 e. The van der Waals surface area contributed by atoms with Crippen LogP contribution in [-0.4, -0.2) is 35.2 Å². The lowest BCUT2D eigenvalue weighted by Crippen LogP contribution is -2.24. The summed E-state index contributed by atoms with van der Waals surface area (Å²) in [6, 6.07) is 2.96. The quantitative estimate of drug-likeness (QED) is 0.482. The molecule has 3 N–H and O–H groups in total. The number of ether oxygens (including phenoxy) is 1. The van der Waals surface area contributed by atoms with Gasteiger partial charge in [0.15, 0.2) is 5.78 Å². The van der Waals surface area contributed by atoms with Crippen LogP contribution >= 0.6 is 0 Å². The normalized spacial score (nSPS) is 11.2. The second-order valence-electron chi connectivity index (χ2n) is 6.17. The first-order chi connectivity index (χ1) is 10.3. The molecule has 0 atom stereocenters. The number of carbonyl (C=O) groups is 1. The van der Waals surface area contributed by atoms with Gasteiger partial charge >= 0.3 is 0 Å². The maximum absolute atomic E-state index is 12.3. The number of benzene rings is 1. The molecular formula is C17H27NO4. The number of aromatic hydroxyl groups is 2. The molecular weight excluding hydrogens is 282 g/mol. The topological polar surface area (TPSA) is 78.8 Å². The van der Waals surface area contributed by atoms with Crippen LogP contribution in [0.15, 0.2) is 12.1 Å². The highest BCUT2D eigenvalue weighted by atomic mass is 16.5. The van der Waals surface area contributed by atoms with Gasteiger partial charge in [-0.2, -0.15) is 0 Å². The van der Waals surface area contributed by atoms with Crippen molar-refractivity contribution in [2.75, 3.05) is 13.2 Å². The van der Waals surface area contributed by atoms with Crippen LogP contribution in [0.1, 0.15) is 50.9 Å². The molecule has 5 heteroatoms. The van der Waals surface area contributed by atoms with Gasteiger partial charge in [0.25, 0.3) is 0 Å². The zero-order valence-corrected chi connectivity index (χ0v) is 13.8. The summed E-state index contributed by atoms with van der Waals surface area (Å²) in [5.74, 6) is -0.103. The number of Topliss-reactive ketones (excluding diaryl/α,β-unsaturated/α-hetero) is 1. The van der Waals surface area contributed by atoms with Gasteiger partial charge in [0.05, 0.1) is 6.61 Å². The minimum absolute atomic E-state index is 0.117. The van der Waals surface area contributed by atoms with Crippen LogP contribution in [-0.2, 0) is 0 Å². The number of nitrogens with one attached hydrogen (secondary N) is 1. The smallest absolute Gasteiger partial charge is 0.170 e. The van der Waals surface area contributed by atoms with E-state index in [0.29, 0.717) is 19.1 Å². The molecule has 0 fully saturated rings. The van der Waals surface area contributed by atoms with Gasteiger partial charge in [-0.3, -0.25) is 4.79 Å². The predicted molar refractivity (Wildman–Crippen MR) is 86.8 cm³/mol. The molecule has 0 radical (unpaired) electrons. The highest BCUT2D eigenvalue weighted by Gasteiger charge is 2.20. The van der Waals surface area contributed by atoms with Gasteiger partial charge in [-0.1, -0.05) is 27.7 Å². The van der Waals surface area contributed by atoms with E-state index in [1.54, 1.807) is 0 Å². The van der Waals surface area contributed by atoms with Crippen LogP contribution in [0.25, 0.3) is 0 Å². The second kappa shape index (κ2) is 8.63. The van der Waals surface area contributed by atoms with Gasteiger partial charge in [0, 0.05) is 24.6 Å². The zero-order chi connectivity index (χ0) is 16.7. The second-order valence-corrected chi connectivity index (χ2v) is 6.17. The van der Waals surface area contributed by atoms with Crippen LogP contribution in [0.2, 0.25) is 0 Å². The molecule has 0 spiro atoms.